The van der Waals surface area contributed by atoms with Crippen molar-refractivity contribution in [2.45, 2.75) is 31.2 Å². The number of benzene rings is 6. The van der Waals surface area contributed by atoms with Crippen molar-refractivity contribution in [1.82, 2.24) is 20.3 Å². The van der Waals surface area contributed by atoms with Gasteiger partial charge in [0.2, 0.25) is 5.91 Å². The van der Waals surface area contributed by atoms with Gasteiger partial charge in [-0.15, -0.1) is 0 Å². The Morgan fingerprint density at radius 1 is 0.727 bits per heavy atom. The van der Waals surface area contributed by atoms with Crippen LogP contribution in [0, 0.1) is 5.92 Å². The first-order valence-corrected chi connectivity index (χ1v) is 18.8. The summed E-state index contributed by atoms with van der Waals surface area (Å²) in [7, 11) is 0. The molecule has 0 bridgehead atoms. The Morgan fingerprint density at radius 3 is 2.22 bits per heavy atom. The van der Waals surface area contributed by atoms with E-state index in [0.29, 0.717) is 18.7 Å². The summed E-state index contributed by atoms with van der Waals surface area (Å²) >= 11 is 0. The number of fused-ring (bicyclic) bond motifs is 5. The van der Waals surface area contributed by atoms with Crippen LogP contribution >= 0.6 is 0 Å². The summed E-state index contributed by atoms with van der Waals surface area (Å²) < 4.78 is 6.06. The highest BCUT2D eigenvalue weighted by Gasteiger charge is 2.31. The predicted molar refractivity (Wildman–Crippen MR) is 217 cm³/mol. The molecule has 9 rings (SSSR count). The number of carbonyl (C=O) groups excluding carboxylic acids is 2. The van der Waals surface area contributed by atoms with E-state index in [0.717, 1.165) is 55.2 Å². The highest BCUT2D eigenvalue weighted by molar-refractivity contribution is 5.88. The number of para-hydroxylation sites is 1. The molecular weight excluding hydrogens is 681 g/mol. The van der Waals surface area contributed by atoms with Crippen LogP contribution in [0.2, 0.25) is 0 Å². The Bertz CT molecular complexity index is 2600. The topological polar surface area (TPSA) is 99.9 Å². The average Bonchev–Trinajstić information content (AvgIpc) is 3.97. The van der Waals surface area contributed by atoms with Gasteiger partial charge in [-0.05, 0) is 68.6 Å². The van der Waals surface area contributed by atoms with Crippen molar-refractivity contribution >= 4 is 33.6 Å². The predicted octanol–water partition coefficient (Wildman–Crippen LogP) is 9.72. The maximum Gasteiger partial charge on any atom is 0.306 e. The number of imidazole rings is 1. The number of carbonyl (C=O) groups is 2. The van der Waals surface area contributed by atoms with Crippen molar-refractivity contribution in [3.63, 3.8) is 0 Å². The van der Waals surface area contributed by atoms with E-state index in [1.54, 1.807) is 0 Å². The maximum absolute atomic E-state index is 14.6. The van der Waals surface area contributed by atoms with Crippen LogP contribution in [0.5, 0.6) is 0 Å². The van der Waals surface area contributed by atoms with Crippen molar-refractivity contribution in [2.75, 3.05) is 6.61 Å². The number of hydrogen-bond donors (Lipinski definition) is 3. The SMILES string of the molecule is O=C(C[C@H](Cc1c[nH]c2ccccc12)C(=O)N[C@H](Cc1ccc2ccccc2c1)c1ncc(-c2ccccc2)[nH]1)OCC1c2ccccc2-c2ccccc21. The molecule has 0 saturated carbocycles. The van der Waals surface area contributed by atoms with Gasteiger partial charge in [0.05, 0.1) is 30.3 Å². The highest BCUT2D eigenvalue weighted by atomic mass is 16.5. The monoisotopic (exact) mass is 720 g/mol. The van der Waals surface area contributed by atoms with Gasteiger partial charge in [0.1, 0.15) is 12.4 Å². The van der Waals surface area contributed by atoms with Gasteiger partial charge in [0.25, 0.3) is 0 Å². The van der Waals surface area contributed by atoms with Crippen molar-refractivity contribution in [3.05, 3.63) is 186 Å². The second-order valence-electron chi connectivity index (χ2n) is 14.4. The van der Waals surface area contributed by atoms with Gasteiger partial charge in [0.15, 0.2) is 0 Å². The van der Waals surface area contributed by atoms with Crippen molar-refractivity contribution in [1.29, 1.82) is 0 Å². The van der Waals surface area contributed by atoms with Gasteiger partial charge in [-0.25, -0.2) is 4.98 Å². The minimum absolute atomic E-state index is 0.0682. The Labute approximate surface area is 319 Å². The molecule has 1 amide bonds. The third-order valence-electron chi connectivity index (χ3n) is 10.9. The summed E-state index contributed by atoms with van der Waals surface area (Å²) in [5, 5.41) is 6.64. The highest BCUT2D eigenvalue weighted by Crippen LogP contribution is 2.44. The third kappa shape index (κ3) is 7.04. The summed E-state index contributed by atoms with van der Waals surface area (Å²) in [4.78, 5) is 40.1. The molecule has 7 heteroatoms. The molecule has 1 aliphatic carbocycles. The Balaban J connectivity index is 0.998. The molecule has 8 aromatic rings. The molecule has 0 fully saturated rings. The van der Waals surface area contributed by atoms with Gasteiger partial charge in [-0.3, -0.25) is 9.59 Å². The van der Waals surface area contributed by atoms with E-state index in [-0.39, 0.29) is 24.9 Å². The van der Waals surface area contributed by atoms with Crippen LogP contribution in [0.15, 0.2) is 158 Å². The van der Waals surface area contributed by atoms with Gasteiger partial charge >= 0.3 is 5.97 Å². The lowest BCUT2D eigenvalue weighted by Crippen LogP contribution is -2.37. The third-order valence-corrected chi connectivity index (χ3v) is 10.9. The molecule has 0 saturated heterocycles. The Hall–Kier alpha value is -6.73. The second-order valence-corrected chi connectivity index (χ2v) is 14.4. The van der Waals surface area contributed by atoms with Crippen LogP contribution in [0.1, 0.15) is 46.5 Å². The van der Waals surface area contributed by atoms with E-state index in [1.165, 1.54) is 11.1 Å². The van der Waals surface area contributed by atoms with E-state index >= 15 is 0 Å². The summed E-state index contributed by atoms with van der Waals surface area (Å²) in [6, 6.07) is 48.7. The zero-order valence-electron chi connectivity index (χ0n) is 30.2. The number of H-pyrrole nitrogens is 2. The smallest absolute Gasteiger partial charge is 0.306 e. The first-order valence-electron chi connectivity index (χ1n) is 18.8. The fraction of sp³-hybridized carbons (Fsp3) is 0.146. The van der Waals surface area contributed by atoms with E-state index < -0.39 is 17.9 Å². The summed E-state index contributed by atoms with van der Waals surface area (Å²) in [5.74, 6) is -0.759. The molecule has 0 unspecified atom stereocenters. The van der Waals surface area contributed by atoms with E-state index in [2.05, 4.69) is 69.9 Å². The van der Waals surface area contributed by atoms with Crippen LogP contribution in [-0.4, -0.2) is 33.4 Å². The van der Waals surface area contributed by atoms with Crippen molar-refractivity contribution in [2.24, 2.45) is 5.92 Å². The number of nitrogens with one attached hydrogen (secondary N) is 3. The fourth-order valence-electron chi connectivity index (χ4n) is 8.08. The number of rotatable bonds is 12. The molecule has 3 N–H and O–H groups in total. The average molecular weight is 721 g/mol. The van der Waals surface area contributed by atoms with E-state index in [4.69, 9.17) is 9.72 Å². The van der Waals surface area contributed by atoms with Gasteiger partial charge in [0, 0.05) is 23.0 Å². The van der Waals surface area contributed by atoms with E-state index in [9.17, 15) is 9.59 Å². The van der Waals surface area contributed by atoms with Crippen LogP contribution < -0.4 is 5.32 Å². The van der Waals surface area contributed by atoms with Gasteiger partial charge < -0.3 is 20.0 Å². The summed E-state index contributed by atoms with van der Waals surface area (Å²) in [6.45, 7) is 0.202. The van der Waals surface area contributed by atoms with E-state index in [1.807, 2.05) is 103 Å². The fourth-order valence-corrected chi connectivity index (χ4v) is 8.08. The molecule has 0 spiro atoms. The number of ether oxygens (including phenoxy) is 1. The van der Waals surface area contributed by atoms with Crippen molar-refractivity contribution < 1.29 is 14.3 Å². The number of hydrogen-bond acceptors (Lipinski definition) is 4. The van der Waals surface area contributed by atoms with Crippen LogP contribution in [0.25, 0.3) is 44.1 Å². The standard InChI is InChI=1S/C48H40N4O3/c53-46(55-30-42-40-19-8-6-17-38(40)39-18-7-9-20-41(39)42)27-35(26-36-28-49-43-21-11-10-16-37(36)43)48(54)52-44(25-31-22-23-32-12-4-5-15-34(32)24-31)47-50-29-45(51-47)33-13-2-1-3-14-33/h1-24,28-29,35,42,44,49H,25-27,30H2,(H,50,51)(H,52,54)/t35-,44+/m0/s1. The first-order chi connectivity index (χ1) is 27.1. The number of aromatic nitrogens is 3. The molecule has 1 aliphatic rings. The molecule has 6 aromatic carbocycles. The Kier molecular flexibility index (Phi) is 9.26. The van der Waals surface area contributed by atoms with Crippen LogP contribution in [0.3, 0.4) is 0 Å². The number of esters is 1. The summed E-state index contributed by atoms with van der Waals surface area (Å²) in [5.41, 5.74) is 9.51. The molecule has 0 aliphatic heterocycles. The van der Waals surface area contributed by atoms with Gasteiger partial charge in [-0.2, -0.15) is 0 Å². The normalized spacial score (nSPS) is 13.3. The Morgan fingerprint density at radius 2 is 1.42 bits per heavy atom. The lowest BCUT2D eigenvalue weighted by atomic mass is 9.93. The van der Waals surface area contributed by atoms with Crippen LogP contribution in [0.4, 0.5) is 0 Å². The quantitative estimate of drug-likeness (QED) is 0.110. The summed E-state index contributed by atoms with van der Waals surface area (Å²) in [6.07, 6.45) is 4.54. The largest absolute Gasteiger partial charge is 0.465 e. The lowest BCUT2D eigenvalue weighted by molar-refractivity contribution is -0.147. The number of amides is 1. The molecule has 2 atom stereocenters. The van der Waals surface area contributed by atoms with Crippen LogP contribution in [-0.2, 0) is 27.2 Å². The first kappa shape index (κ1) is 34.1. The lowest BCUT2D eigenvalue weighted by Gasteiger charge is -2.22. The maximum atomic E-state index is 14.6. The molecule has 7 nitrogen and oxygen atoms in total. The molecule has 2 heterocycles. The number of aromatic amines is 2. The zero-order chi connectivity index (χ0) is 37.1. The zero-order valence-corrected chi connectivity index (χ0v) is 30.2. The minimum Gasteiger partial charge on any atom is -0.465 e. The molecule has 55 heavy (non-hydrogen) atoms. The van der Waals surface area contributed by atoms with Gasteiger partial charge in [-0.1, -0.05) is 140 Å². The molecule has 270 valence electrons. The second kappa shape index (κ2) is 15.0. The minimum atomic E-state index is -0.697. The number of nitrogens with zero attached hydrogens (tertiary/aromatic N) is 1. The van der Waals surface area contributed by atoms with Crippen molar-refractivity contribution in [3.8, 4) is 22.4 Å². The molecule has 2 aromatic heterocycles. The molecule has 0 radical (unpaired) electrons. The molecular formula is C48H40N4O3.